The molecule has 1 nitrogen and oxygen atoms in total. The van der Waals surface area contributed by atoms with Gasteiger partial charge in [0, 0.05) is 4.43 Å². The average Bonchev–Trinajstić information content (AvgIpc) is 2.06. The molecule has 0 radical (unpaired) electrons. The van der Waals surface area contributed by atoms with Gasteiger partial charge >= 0.3 is 0 Å². The topological polar surface area (TPSA) is 9.23 Å². The summed E-state index contributed by atoms with van der Waals surface area (Å²) in [5.74, 6) is 0. The van der Waals surface area contributed by atoms with E-state index >= 15 is 0 Å². The lowest BCUT2D eigenvalue weighted by atomic mass is 10.6. The maximum absolute atomic E-state index is 4.90. The first-order valence-electron chi connectivity index (χ1n) is 3.29. The van der Waals surface area contributed by atoms with Crippen LogP contribution in [0.3, 0.4) is 0 Å². The van der Waals surface area contributed by atoms with Crippen molar-refractivity contribution in [2.24, 2.45) is 0 Å². The molecule has 0 spiro atoms. The molecule has 0 saturated carbocycles. The Morgan fingerprint density at radius 3 is 1.55 bits per heavy atom. The van der Waals surface area contributed by atoms with Crippen LogP contribution in [0.25, 0.3) is 0 Å². The van der Waals surface area contributed by atoms with Crippen LogP contribution in [-0.2, 0) is 4.74 Å². The highest BCUT2D eigenvalue weighted by atomic mass is 127. The van der Waals surface area contributed by atoms with Gasteiger partial charge in [0.1, 0.15) is 0 Å². The standard InChI is InChI=1S/C6H10O.C3H5I/c1-3-5-7-6-4-2;1-2-3-4/h3-4H,1-2,5-6H2;2H,1,3H2. The molecule has 0 aromatic rings. The predicted octanol–water partition coefficient (Wildman–Crippen LogP) is 2.98. The van der Waals surface area contributed by atoms with Gasteiger partial charge in [-0.1, -0.05) is 40.8 Å². The fourth-order valence-corrected chi connectivity index (χ4v) is 0.235. The van der Waals surface area contributed by atoms with E-state index in [9.17, 15) is 0 Å². The molecule has 0 bridgehead atoms. The fourth-order valence-electron chi connectivity index (χ4n) is 0.235. The van der Waals surface area contributed by atoms with Crippen molar-refractivity contribution >= 4 is 22.6 Å². The van der Waals surface area contributed by atoms with Crippen molar-refractivity contribution in [2.45, 2.75) is 0 Å². The second-order valence-electron chi connectivity index (χ2n) is 1.56. The Kier molecular flexibility index (Phi) is 20.2. The maximum atomic E-state index is 4.90. The van der Waals surface area contributed by atoms with Crippen molar-refractivity contribution in [3.05, 3.63) is 38.0 Å². The number of alkyl halides is 1. The molecule has 0 aliphatic rings. The average molecular weight is 266 g/mol. The van der Waals surface area contributed by atoms with Gasteiger partial charge in [0.05, 0.1) is 13.2 Å². The second kappa shape index (κ2) is 16.5. The van der Waals surface area contributed by atoms with Crippen molar-refractivity contribution < 1.29 is 4.74 Å². The minimum absolute atomic E-state index is 0.617. The van der Waals surface area contributed by atoms with Gasteiger partial charge in [-0.3, -0.25) is 0 Å². The Balaban J connectivity index is 0. The molecule has 0 amide bonds. The molecule has 0 fully saturated rings. The van der Waals surface area contributed by atoms with Crippen LogP contribution >= 0.6 is 22.6 Å². The number of rotatable bonds is 5. The summed E-state index contributed by atoms with van der Waals surface area (Å²) in [5.41, 5.74) is 0. The highest BCUT2D eigenvalue weighted by molar-refractivity contribution is 14.1. The van der Waals surface area contributed by atoms with E-state index in [0.29, 0.717) is 13.2 Å². The van der Waals surface area contributed by atoms with Gasteiger partial charge in [-0.15, -0.1) is 19.7 Å². The lowest BCUT2D eigenvalue weighted by Gasteiger charge is -1.89. The highest BCUT2D eigenvalue weighted by Crippen LogP contribution is 1.75. The summed E-state index contributed by atoms with van der Waals surface area (Å²) in [6.45, 7) is 11.7. The molecule has 0 N–H and O–H groups in total. The molecule has 0 aliphatic heterocycles. The predicted molar refractivity (Wildman–Crippen MR) is 60.3 cm³/mol. The molecule has 0 aromatic carbocycles. The van der Waals surface area contributed by atoms with Crippen LogP contribution in [0.4, 0.5) is 0 Å². The van der Waals surface area contributed by atoms with Crippen molar-refractivity contribution in [1.29, 1.82) is 0 Å². The number of halogens is 1. The number of hydrogen-bond donors (Lipinski definition) is 0. The Labute approximate surface area is 83.0 Å². The highest BCUT2D eigenvalue weighted by Gasteiger charge is 1.70. The van der Waals surface area contributed by atoms with Gasteiger partial charge in [-0.25, -0.2) is 0 Å². The zero-order valence-corrected chi connectivity index (χ0v) is 8.92. The third-order valence-corrected chi connectivity index (χ3v) is 1.20. The number of ether oxygens (including phenoxy) is 1. The minimum Gasteiger partial charge on any atom is -0.373 e. The molecular formula is C9H15IO. The number of allylic oxidation sites excluding steroid dienone is 1. The minimum atomic E-state index is 0.617. The summed E-state index contributed by atoms with van der Waals surface area (Å²) in [5, 5.41) is 0. The molecule has 0 saturated heterocycles. The van der Waals surface area contributed by atoms with E-state index in [0.717, 1.165) is 4.43 Å². The summed E-state index contributed by atoms with van der Waals surface area (Å²) < 4.78 is 5.95. The summed E-state index contributed by atoms with van der Waals surface area (Å²) in [4.78, 5) is 0. The van der Waals surface area contributed by atoms with E-state index in [1.54, 1.807) is 12.2 Å². The zero-order valence-electron chi connectivity index (χ0n) is 6.76. The molecule has 2 heteroatoms. The van der Waals surface area contributed by atoms with Gasteiger partial charge in [-0.05, 0) is 0 Å². The van der Waals surface area contributed by atoms with Gasteiger partial charge in [0.15, 0.2) is 0 Å². The Hall–Kier alpha value is -0.0900. The summed E-state index contributed by atoms with van der Waals surface area (Å²) in [6, 6.07) is 0. The van der Waals surface area contributed by atoms with E-state index in [1.165, 1.54) is 0 Å². The Morgan fingerprint density at radius 2 is 1.36 bits per heavy atom. The Bertz CT molecular complexity index is 91.7. The van der Waals surface area contributed by atoms with E-state index in [1.807, 2.05) is 6.08 Å². The smallest absolute Gasteiger partial charge is 0.0649 e. The molecular weight excluding hydrogens is 251 g/mol. The van der Waals surface area contributed by atoms with Crippen molar-refractivity contribution in [3.8, 4) is 0 Å². The quantitative estimate of drug-likeness (QED) is 0.322. The van der Waals surface area contributed by atoms with E-state index in [4.69, 9.17) is 4.74 Å². The molecule has 0 unspecified atom stereocenters. The lowest BCUT2D eigenvalue weighted by molar-refractivity contribution is 0.194. The van der Waals surface area contributed by atoms with Crippen LogP contribution in [0.1, 0.15) is 0 Å². The number of hydrogen-bond acceptors (Lipinski definition) is 1. The van der Waals surface area contributed by atoms with Crippen LogP contribution in [-0.4, -0.2) is 17.6 Å². The lowest BCUT2D eigenvalue weighted by Crippen LogP contribution is -1.87. The van der Waals surface area contributed by atoms with Crippen LogP contribution in [0.15, 0.2) is 38.0 Å². The molecule has 11 heavy (non-hydrogen) atoms. The van der Waals surface area contributed by atoms with Crippen LogP contribution in [0.2, 0.25) is 0 Å². The van der Waals surface area contributed by atoms with Gasteiger partial charge in [0.2, 0.25) is 0 Å². The first-order chi connectivity index (χ1) is 5.33. The van der Waals surface area contributed by atoms with Crippen LogP contribution < -0.4 is 0 Å². The molecule has 0 atom stereocenters. The van der Waals surface area contributed by atoms with Crippen LogP contribution in [0.5, 0.6) is 0 Å². The van der Waals surface area contributed by atoms with Gasteiger partial charge < -0.3 is 4.74 Å². The second-order valence-corrected chi connectivity index (χ2v) is 2.44. The van der Waals surface area contributed by atoms with E-state index < -0.39 is 0 Å². The fraction of sp³-hybridized carbons (Fsp3) is 0.333. The van der Waals surface area contributed by atoms with Crippen molar-refractivity contribution in [3.63, 3.8) is 0 Å². The summed E-state index contributed by atoms with van der Waals surface area (Å²) in [6.07, 6.45) is 5.29. The maximum Gasteiger partial charge on any atom is 0.0649 e. The van der Waals surface area contributed by atoms with E-state index in [2.05, 4.69) is 42.3 Å². The molecule has 0 rings (SSSR count). The first kappa shape index (κ1) is 13.5. The third-order valence-electron chi connectivity index (χ3n) is 0.581. The Morgan fingerprint density at radius 1 is 1.00 bits per heavy atom. The summed E-state index contributed by atoms with van der Waals surface area (Å²) in [7, 11) is 0. The van der Waals surface area contributed by atoms with Crippen molar-refractivity contribution in [2.75, 3.05) is 17.6 Å². The zero-order chi connectivity index (χ0) is 8.95. The molecule has 64 valence electrons. The first-order valence-corrected chi connectivity index (χ1v) is 4.82. The van der Waals surface area contributed by atoms with E-state index in [-0.39, 0.29) is 0 Å². The molecule has 0 aromatic heterocycles. The summed E-state index contributed by atoms with van der Waals surface area (Å²) >= 11 is 2.23. The molecule has 0 heterocycles. The normalized spacial score (nSPS) is 7.36. The third kappa shape index (κ3) is 25.7. The van der Waals surface area contributed by atoms with Crippen LogP contribution in [0, 0.1) is 0 Å². The van der Waals surface area contributed by atoms with Crippen molar-refractivity contribution in [1.82, 2.24) is 0 Å². The van der Waals surface area contributed by atoms with Gasteiger partial charge in [-0.2, -0.15) is 0 Å². The SMILES string of the molecule is C=CCI.C=CCOCC=C. The van der Waals surface area contributed by atoms with Gasteiger partial charge in [0.25, 0.3) is 0 Å². The monoisotopic (exact) mass is 266 g/mol. The molecule has 0 aliphatic carbocycles. The largest absolute Gasteiger partial charge is 0.373 e.